The zero-order valence-electron chi connectivity index (χ0n) is 12.1. The summed E-state index contributed by atoms with van der Waals surface area (Å²) < 4.78 is 72.2. The fraction of sp³-hybridized carbons (Fsp3) is 0.538. The number of nitrogen functional groups attached to an aromatic ring is 1. The van der Waals surface area contributed by atoms with Crippen molar-refractivity contribution in [2.24, 2.45) is 0 Å². The predicted octanol–water partition coefficient (Wildman–Crippen LogP) is 1.67. The van der Waals surface area contributed by atoms with Crippen molar-refractivity contribution in [1.82, 2.24) is 4.72 Å². The molecule has 0 aromatic heterocycles. The van der Waals surface area contributed by atoms with Gasteiger partial charge in [-0.1, -0.05) is 0 Å². The number of hydrogen-bond acceptors (Lipinski definition) is 5. The van der Waals surface area contributed by atoms with Gasteiger partial charge in [-0.15, -0.1) is 0 Å². The topological polar surface area (TPSA) is 90.7 Å². The lowest BCUT2D eigenvalue weighted by Gasteiger charge is -2.14. The Kier molecular flexibility index (Phi) is 5.37. The van der Waals surface area contributed by atoms with E-state index in [1.165, 1.54) is 10.8 Å². The molecule has 0 radical (unpaired) electrons. The first-order valence-corrected chi connectivity index (χ1v) is 8.36. The lowest BCUT2D eigenvalue weighted by molar-refractivity contribution is -0.121. The minimum Gasteiger partial charge on any atom is -0.489 e. The van der Waals surface area contributed by atoms with E-state index in [9.17, 15) is 21.6 Å². The van der Waals surface area contributed by atoms with Crippen LogP contribution < -0.4 is 15.2 Å². The molecular weight excluding hydrogens is 337 g/mol. The SMILES string of the molecule is Nc1cc(S(=O)(=O)NCC(F)(F)F)ccc1OCC1CCCO1. The van der Waals surface area contributed by atoms with Crippen LogP contribution in [0.4, 0.5) is 18.9 Å². The average molecular weight is 354 g/mol. The first kappa shape index (κ1) is 17.8. The summed E-state index contributed by atoms with van der Waals surface area (Å²) in [7, 11) is -4.29. The van der Waals surface area contributed by atoms with Crippen LogP contribution >= 0.6 is 0 Å². The van der Waals surface area contributed by atoms with E-state index >= 15 is 0 Å². The summed E-state index contributed by atoms with van der Waals surface area (Å²) in [5, 5.41) is 0. The molecule has 1 unspecified atom stereocenters. The summed E-state index contributed by atoms with van der Waals surface area (Å²) in [6, 6.07) is 3.51. The zero-order chi connectivity index (χ0) is 17.1. The molecule has 130 valence electrons. The van der Waals surface area contributed by atoms with Gasteiger partial charge >= 0.3 is 6.18 Å². The molecule has 1 saturated heterocycles. The highest BCUT2D eigenvalue weighted by molar-refractivity contribution is 7.89. The van der Waals surface area contributed by atoms with Crippen LogP contribution in [0.1, 0.15) is 12.8 Å². The average Bonchev–Trinajstić information content (AvgIpc) is 2.96. The number of alkyl halides is 3. The van der Waals surface area contributed by atoms with Crippen molar-refractivity contribution in [3.63, 3.8) is 0 Å². The summed E-state index contributed by atoms with van der Waals surface area (Å²) in [5.41, 5.74) is 5.73. The maximum Gasteiger partial charge on any atom is 0.402 e. The number of hydrogen-bond donors (Lipinski definition) is 2. The van der Waals surface area contributed by atoms with E-state index < -0.39 is 22.7 Å². The Balaban J connectivity index is 2.02. The Morgan fingerprint density at radius 1 is 1.39 bits per heavy atom. The molecule has 1 fully saturated rings. The predicted molar refractivity (Wildman–Crippen MR) is 76.6 cm³/mol. The number of ether oxygens (including phenoxy) is 2. The fourth-order valence-electron chi connectivity index (χ4n) is 2.04. The number of benzene rings is 1. The smallest absolute Gasteiger partial charge is 0.402 e. The Hall–Kier alpha value is -1.52. The van der Waals surface area contributed by atoms with Gasteiger partial charge < -0.3 is 15.2 Å². The summed E-state index contributed by atoms with van der Waals surface area (Å²) in [4.78, 5) is -0.358. The molecule has 0 saturated carbocycles. The summed E-state index contributed by atoms with van der Waals surface area (Å²) >= 11 is 0. The molecule has 23 heavy (non-hydrogen) atoms. The molecule has 1 aliphatic rings. The van der Waals surface area contributed by atoms with Crippen LogP contribution in [0.2, 0.25) is 0 Å². The van der Waals surface area contributed by atoms with E-state index in [0.29, 0.717) is 6.61 Å². The van der Waals surface area contributed by atoms with Crippen molar-refractivity contribution in [3.8, 4) is 5.75 Å². The third-order valence-corrected chi connectivity index (χ3v) is 4.60. The van der Waals surface area contributed by atoms with E-state index in [1.54, 1.807) is 0 Å². The Labute approximate surface area is 131 Å². The summed E-state index contributed by atoms with van der Waals surface area (Å²) in [6.07, 6.45) is -2.85. The second kappa shape index (κ2) is 6.93. The summed E-state index contributed by atoms with van der Waals surface area (Å²) in [6.45, 7) is -0.694. The van der Waals surface area contributed by atoms with E-state index in [1.807, 2.05) is 0 Å². The highest BCUT2D eigenvalue weighted by Crippen LogP contribution is 2.26. The third-order valence-electron chi connectivity index (χ3n) is 3.20. The third kappa shape index (κ3) is 5.26. The lowest BCUT2D eigenvalue weighted by Crippen LogP contribution is -2.33. The van der Waals surface area contributed by atoms with Gasteiger partial charge in [-0.3, -0.25) is 0 Å². The number of nitrogens with two attached hydrogens (primary N) is 1. The van der Waals surface area contributed by atoms with E-state index in [4.69, 9.17) is 15.2 Å². The molecule has 3 N–H and O–H groups in total. The molecule has 1 heterocycles. The number of anilines is 1. The van der Waals surface area contributed by atoms with Gasteiger partial charge in [-0.2, -0.15) is 13.2 Å². The van der Waals surface area contributed by atoms with Crippen LogP contribution in [-0.4, -0.2) is 40.5 Å². The number of rotatable bonds is 6. The van der Waals surface area contributed by atoms with Gasteiger partial charge in [0, 0.05) is 6.61 Å². The standard InChI is InChI=1S/C13H17F3N2O4S/c14-13(15,16)8-18-23(19,20)10-3-4-12(11(17)6-10)22-7-9-2-1-5-21-9/h3-4,6,9,18H,1-2,5,7-8,17H2. The molecule has 10 heteroatoms. The second-order valence-corrected chi connectivity index (χ2v) is 6.85. The van der Waals surface area contributed by atoms with Gasteiger partial charge in [0.15, 0.2) is 0 Å². The molecule has 0 bridgehead atoms. The van der Waals surface area contributed by atoms with Crippen LogP contribution in [0.15, 0.2) is 23.1 Å². The highest BCUT2D eigenvalue weighted by atomic mass is 32.2. The second-order valence-electron chi connectivity index (χ2n) is 5.09. The van der Waals surface area contributed by atoms with Crippen LogP contribution in [-0.2, 0) is 14.8 Å². The van der Waals surface area contributed by atoms with Gasteiger partial charge in [0.05, 0.1) is 16.7 Å². The molecule has 0 spiro atoms. The summed E-state index contributed by atoms with van der Waals surface area (Å²) in [5.74, 6) is 0.260. The van der Waals surface area contributed by atoms with Crippen molar-refractivity contribution in [2.75, 3.05) is 25.5 Å². The molecule has 1 aromatic rings. The van der Waals surface area contributed by atoms with E-state index in [0.717, 1.165) is 25.0 Å². The minimum atomic E-state index is -4.64. The molecular formula is C13H17F3N2O4S. The zero-order valence-corrected chi connectivity index (χ0v) is 12.9. The van der Waals surface area contributed by atoms with Gasteiger partial charge in [-0.05, 0) is 31.0 Å². The molecule has 0 amide bonds. The van der Waals surface area contributed by atoms with Crippen LogP contribution in [0.3, 0.4) is 0 Å². The maximum atomic E-state index is 12.1. The lowest BCUT2D eigenvalue weighted by atomic mass is 10.2. The monoisotopic (exact) mass is 354 g/mol. The molecule has 1 aliphatic heterocycles. The Bertz CT molecular complexity index is 643. The molecule has 1 atom stereocenters. The van der Waals surface area contributed by atoms with Crippen LogP contribution in [0.25, 0.3) is 0 Å². The first-order chi connectivity index (χ1) is 10.7. The highest BCUT2D eigenvalue weighted by Gasteiger charge is 2.30. The number of sulfonamides is 1. The number of nitrogens with one attached hydrogen (secondary N) is 1. The van der Waals surface area contributed by atoms with Gasteiger partial charge in [-0.25, -0.2) is 13.1 Å². The Morgan fingerprint density at radius 3 is 2.70 bits per heavy atom. The van der Waals surface area contributed by atoms with Crippen molar-refractivity contribution in [1.29, 1.82) is 0 Å². The number of halogens is 3. The molecule has 2 rings (SSSR count). The van der Waals surface area contributed by atoms with E-state index in [-0.39, 0.29) is 29.0 Å². The quantitative estimate of drug-likeness (QED) is 0.759. The van der Waals surface area contributed by atoms with Gasteiger partial charge in [0.2, 0.25) is 10.0 Å². The first-order valence-electron chi connectivity index (χ1n) is 6.88. The van der Waals surface area contributed by atoms with Crippen LogP contribution in [0.5, 0.6) is 5.75 Å². The Morgan fingerprint density at radius 2 is 2.13 bits per heavy atom. The van der Waals surface area contributed by atoms with Gasteiger partial charge in [0.25, 0.3) is 0 Å². The largest absolute Gasteiger partial charge is 0.489 e. The van der Waals surface area contributed by atoms with Crippen molar-refractivity contribution in [3.05, 3.63) is 18.2 Å². The van der Waals surface area contributed by atoms with Crippen molar-refractivity contribution >= 4 is 15.7 Å². The normalized spacial score (nSPS) is 19.0. The van der Waals surface area contributed by atoms with Crippen LogP contribution in [0, 0.1) is 0 Å². The van der Waals surface area contributed by atoms with Gasteiger partial charge in [0.1, 0.15) is 18.9 Å². The fourth-order valence-corrected chi connectivity index (χ4v) is 3.09. The molecule has 0 aliphatic carbocycles. The maximum absolute atomic E-state index is 12.1. The van der Waals surface area contributed by atoms with Crippen molar-refractivity contribution < 1.29 is 31.1 Å². The van der Waals surface area contributed by atoms with Crippen molar-refractivity contribution in [2.45, 2.75) is 30.0 Å². The van der Waals surface area contributed by atoms with E-state index in [2.05, 4.69) is 0 Å². The molecule has 1 aromatic carbocycles. The minimum absolute atomic E-state index is 0.0258. The molecule has 6 nitrogen and oxygen atoms in total.